The summed E-state index contributed by atoms with van der Waals surface area (Å²) in [6, 6.07) is 22.0. The fraction of sp³-hybridized carbons (Fsp3) is 0.300. The summed E-state index contributed by atoms with van der Waals surface area (Å²) in [5.41, 5.74) is 5.56. The summed E-state index contributed by atoms with van der Waals surface area (Å²) in [6.07, 6.45) is 2.36. The van der Waals surface area contributed by atoms with Crippen LogP contribution in [0.3, 0.4) is 0 Å². The summed E-state index contributed by atoms with van der Waals surface area (Å²) in [5.74, 6) is 2.58. The molecule has 6 nitrogen and oxygen atoms in total. The SMILES string of the molecule is CCCCN(CC)c1ccc(N=C2N=C(c3ccccc3)N=C2c2cc(OC)ccc2OC)c(C)c1. The first-order chi connectivity index (χ1) is 17.6. The summed E-state index contributed by atoms with van der Waals surface area (Å²) >= 11 is 0. The van der Waals surface area contributed by atoms with Crippen LogP contribution in [0, 0.1) is 6.92 Å². The first kappa shape index (κ1) is 25.2. The molecule has 0 atom stereocenters. The van der Waals surface area contributed by atoms with Gasteiger partial charge in [-0.1, -0.05) is 43.7 Å². The van der Waals surface area contributed by atoms with Gasteiger partial charge in [-0.05, 0) is 62.2 Å². The average molecular weight is 483 g/mol. The van der Waals surface area contributed by atoms with Gasteiger partial charge in [-0.2, -0.15) is 0 Å². The summed E-state index contributed by atoms with van der Waals surface area (Å²) < 4.78 is 11.1. The fourth-order valence-corrected chi connectivity index (χ4v) is 4.20. The fourth-order valence-electron chi connectivity index (χ4n) is 4.20. The van der Waals surface area contributed by atoms with Crippen molar-refractivity contribution in [3.8, 4) is 11.5 Å². The van der Waals surface area contributed by atoms with E-state index in [4.69, 9.17) is 24.5 Å². The monoisotopic (exact) mass is 482 g/mol. The molecule has 0 spiro atoms. The molecule has 0 saturated heterocycles. The van der Waals surface area contributed by atoms with Crippen molar-refractivity contribution in [3.05, 3.63) is 83.4 Å². The number of benzene rings is 3. The van der Waals surface area contributed by atoms with E-state index < -0.39 is 0 Å². The zero-order valence-corrected chi connectivity index (χ0v) is 21.8. The lowest BCUT2D eigenvalue weighted by Gasteiger charge is -2.23. The van der Waals surface area contributed by atoms with Gasteiger partial charge in [0.2, 0.25) is 0 Å². The maximum atomic E-state index is 5.66. The normalized spacial score (nSPS) is 14.0. The Morgan fingerprint density at radius 1 is 0.889 bits per heavy atom. The molecule has 1 aliphatic heterocycles. The molecular weight excluding hydrogens is 448 g/mol. The molecule has 0 fully saturated rings. The molecule has 0 amide bonds. The number of ether oxygens (including phenoxy) is 2. The molecule has 4 rings (SSSR count). The van der Waals surface area contributed by atoms with Crippen molar-refractivity contribution < 1.29 is 9.47 Å². The number of hydrogen-bond donors (Lipinski definition) is 0. The topological polar surface area (TPSA) is 58.8 Å². The Morgan fingerprint density at radius 3 is 2.36 bits per heavy atom. The van der Waals surface area contributed by atoms with Crippen LogP contribution in [0.1, 0.15) is 43.4 Å². The Hall–Kier alpha value is -3.93. The van der Waals surface area contributed by atoms with Gasteiger partial charge in [0.15, 0.2) is 11.7 Å². The lowest BCUT2D eigenvalue weighted by molar-refractivity contribution is 0.402. The maximum absolute atomic E-state index is 5.66. The lowest BCUT2D eigenvalue weighted by atomic mass is 10.1. The van der Waals surface area contributed by atoms with Gasteiger partial charge < -0.3 is 14.4 Å². The third-order valence-corrected chi connectivity index (χ3v) is 6.27. The van der Waals surface area contributed by atoms with E-state index in [0.29, 0.717) is 28.9 Å². The predicted octanol–water partition coefficient (Wildman–Crippen LogP) is 6.62. The molecule has 0 radical (unpaired) electrons. The van der Waals surface area contributed by atoms with E-state index in [1.54, 1.807) is 14.2 Å². The minimum absolute atomic E-state index is 0.551. The average Bonchev–Trinajstić information content (AvgIpc) is 3.34. The third kappa shape index (κ3) is 5.48. The van der Waals surface area contributed by atoms with Gasteiger partial charge in [0, 0.05) is 29.9 Å². The second kappa shape index (κ2) is 11.7. The molecule has 3 aromatic rings. The first-order valence-corrected chi connectivity index (χ1v) is 12.5. The van der Waals surface area contributed by atoms with Crippen LogP contribution >= 0.6 is 0 Å². The number of aliphatic imine (C=N–C) groups is 3. The van der Waals surface area contributed by atoms with Crippen molar-refractivity contribution in [2.24, 2.45) is 15.0 Å². The van der Waals surface area contributed by atoms with E-state index in [9.17, 15) is 0 Å². The molecule has 1 aliphatic rings. The van der Waals surface area contributed by atoms with Gasteiger partial charge in [-0.3, -0.25) is 0 Å². The number of anilines is 1. The maximum Gasteiger partial charge on any atom is 0.181 e. The minimum Gasteiger partial charge on any atom is -0.497 e. The molecule has 3 aromatic carbocycles. The molecule has 1 heterocycles. The molecule has 6 heteroatoms. The van der Waals surface area contributed by atoms with Crippen LogP contribution in [0.5, 0.6) is 11.5 Å². The largest absolute Gasteiger partial charge is 0.497 e. The van der Waals surface area contributed by atoms with Gasteiger partial charge >= 0.3 is 0 Å². The van der Waals surface area contributed by atoms with Crippen LogP contribution in [-0.4, -0.2) is 44.7 Å². The number of nitrogens with zero attached hydrogens (tertiary/aromatic N) is 4. The van der Waals surface area contributed by atoms with Gasteiger partial charge in [0.05, 0.1) is 19.9 Å². The molecule has 0 unspecified atom stereocenters. The van der Waals surface area contributed by atoms with E-state index in [-0.39, 0.29) is 0 Å². The molecule has 0 aliphatic carbocycles. The van der Waals surface area contributed by atoms with Crippen LogP contribution in [-0.2, 0) is 0 Å². The summed E-state index contributed by atoms with van der Waals surface area (Å²) in [7, 11) is 3.30. The summed E-state index contributed by atoms with van der Waals surface area (Å²) in [5, 5.41) is 0. The highest BCUT2D eigenvalue weighted by atomic mass is 16.5. The Balaban J connectivity index is 1.78. The molecule has 36 heavy (non-hydrogen) atoms. The zero-order chi connectivity index (χ0) is 25.5. The highest BCUT2D eigenvalue weighted by Crippen LogP contribution is 2.30. The Labute approximate surface area is 214 Å². The van der Waals surface area contributed by atoms with Gasteiger partial charge in [0.1, 0.15) is 17.2 Å². The number of methoxy groups -OCH3 is 2. The summed E-state index contributed by atoms with van der Waals surface area (Å²) in [4.78, 5) is 17.2. The number of aryl methyl sites for hydroxylation is 1. The van der Waals surface area contributed by atoms with E-state index in [1.807, 2.05) is 48.5 Å². The molecular formula is C30H34N4O2. The van der Waals surface area contributed by atoms with Crippen LogP contribution < -0.4 is 14.4 Å². The first-order valence-electron chi connectivity index (χ1n) is 12.5. The second-order valence-electron chi connectivity index (χ2n) is 8.67. The van der Waals surface area contributed by atoms with Gasteiger partial charge in [-0.15, -0.1) is 0 Å². The lowest BCUT2D eigenvalue weighted by Crippen LogP contribution is -2.23. The highest BCUT2D eigenvalue weighted by Gasteiger charge is 2.25. The smallest absolute Gasteiger partial charge is 0.181 e. The highest BCUT2D eigenvalue weighted by molar-refractivity contribution is 6.54. The van der Waals surface area contributed by atoms with E-state index in [1.165, 1.54) is 18.5 Å². The Bertz CT molecular complexity index is 1300. The second-order valence-corrected chi connectivity index (χ2v) is 8.67. The van der Waals surface area contributed by atoms with E-state index in [0.717, 1.165) is 35.5 Å². The van der Waals surface area contributed by atoms with Crippen LogP contribution in [0.4, 0.5) is 11.4 Å². The number of amidine groups is 2. The van der Waals surface area contributed by atoms with E-state index >= 15 is 0 Å². The van der Waals surface area contributed by atoms with Crippen LogP contribution in [0.2, 0.25) is 0 Å². The van der Waals surface area contributed by atoms with Crippen molar-refractivity contribution >= 4 is 28.8 Å². The third-order valence-electron chi connectivity index (χ3n) is 6.27. The molecule has 0 aromatic heterocycles. The van der Waals surface area contributed by atoms with Crippen molar-refractivity contribution in [1.29, 1.82) is 0 Å². The number of hydrogen-bond acceptors (Lipinski definition) is 5. The van der Waals surface area contributed by atoms with Gasteiger partial charge in [-0.25, -0.2) is 15.0 Å². The zero-order valence-electron chi connectivity index (χ0n) is 21.8. The molecule has 0 saturated carbocycles. The van der Waals surface area contributed by atoms with Crippen molar-refractivity contribution in [1.82, 2.24) is 0 Å². The van der Waals surface area contributed by atoms with Crippen molar-refractivity contribution in [2.45, 2.75) is 33.6 Å². The standard InChI is InChI=1S/C30H34N4O2/c1-6-8-18-34(7-2)23-14-16-26(21(3)19-23)31-30-28(25-20-24(35-4)15-17-27(25)36-5)32-29(33-30)22-12-10-9-11-13-22/h9-17,19-20H,6-8,18H2,1-5H3. The van der Waals surface area contributed by atoms with Crippen molar-refractivity contribution in [2.75, 3.05) is 32.2 Å². The quantitative estimate of drug-likeness (QED) is 0.326. The van der Waals surface area contributed by atoms with E-state index in [2.05, 4.69) is 43.9 Å². The van der Waals surface area contributed by atoms with Gasteiger partial charge in [0.25, 0.3) is 0 Å². The Morgan fingerprint density at radius 2 is 1.69 bits per heavy atom. The molecule has 0 N–H and O–H groups in total. The summed E-state index contributed by atoms with van der Waals surface area (Å²) in [6.45, 7) is 8.54. The van der Waals surface area contributed by atoms with Crippen LogP contribution in [0.25, 0.3) is 0 Å². The number of unbranched alkanes of at least 4 members (excludes halogenated alkanes) is 1. The predicted molar refractivity (Wildman–Crippen MR) is 150 cm³/mol. The van der Waals surface area contributed by atoms with Crippen LogP contribution in [0.15, 0.2) is 81.7 Å². The molecule has 186 valence electrons. The molecule has 0 bridgehead atoms. The van der Waals surface area contributed by atoms with Crippen molar-refractivity contribution in [3.63, 3.8) is 0 Å². The Kier molecular flexibility index (Phi) is 8.16. The minimum atomic E-state index is 0.551. The number of rotatable bonds is 10.